The summed E-state index contributed by atoms with van der Waals surface area (Å²) in [4.78, 5) is 22.1. The molecule has 1 atom stereocenters. The Bertz CT molecular complexity index is 679. The summed E-state index contributed by atoms with van der Waals surface area (Å²) in [6.07, 6.45) is 12.6. The summed E-state index contributed by atoms with van der Waals surface area (Å²) in [6.45, 7) is 30.9. The molecule has 3 nitrogen and oxygen atoms in total. The molecule has 230 valence electrons. The van der Waals surface area contributed by atoms with Gasteiger partial charge < -0.3 is 4.74 Å². The highest BCUT2D eigenvalue weighted by molar-refractivity contribution is 5.97. The van der Waals surface area contributed by atoms with Gasteiger partial charge in [0.05, 0.1) is 5.56 Å². The number of carbonyl (C=O) groups excluding carboxylic acids is 2. The average Bonchev–Trinajstić information content (AvgIpc) is 2.95. The molecule has 0 radical (unpaired) electrons. The fourth-order valence-electron chi connectivity index (χ4n) is 2.86. The van der Waals surface area contributed by atoms with Crippen molar-refractivity contribution in [2.24, 2.45) is 5.92 Å². The van der Waals surface area contributed by atoms with Crippen LogP contribution in [0.4, 0.5) is 4.39 Å². The van der Waals surface area contributed by atoms with Crippen molar-refractivity contribution in [2.45, 2.75) is 135 Å². The second kappa shape index (κ2) is 38.1. The van der Waals surface area contributed by atoms with Crippen LogP contribution in [-0.4, -0.2) is 24.8 Å². The molecule has 0 saturated heterocycles. The number of aryl methyl sites for hydroxylation is 2. The second-order valence-electron chi connectivity index (χ2n) is 8.43. The zero-order chi connectivity index (χ0) is 31.6. The predicted molar refractivity (Wildman–Crippen MR) is 174 cm³/mol. The van der Waals surface area contributed by atoms with E-state index < -0.39 is 5.82 Å². The van der Waals surface area contributed by atoms with E-state index in [1.807, 2.05) is 80.5 Å². The zero-order valence-corrected chi connectivity index (χ0v) is 28.1. The molecule has 0 N–H and O–H groups in total. The maximum Gasteiger partial charge on any atom is 0.165 e. The molecule has 1 aromatic rings. The molecule has 0 aliphatic heterocycles. The number of rotatable bonds is 12. The Labute approximate surface area is 243 Å². The van der Waals surface area contributed by atoms with Gasteiger partial charge in [0, 0.05) is 32.0 Å². The topological polar surface area (TPSA) is 43.4 Å². The lowest BCUT2D eigenvalue weighted by Gasteiger charge is -2.05. The van der Waals surface area contributed by atoms with Gasteiger partial charge in [0.25, 0.3) is 0 Å². The Balaban J connectivity index is -0.000000132. The predicted octanol–water partition coefficient (Wildman–Crippen LogP) is 11.5. The van der Waals surface area contributed by atoms with Gasteiger partial charge in [-0.3, -0.25) is 9.59 Å². The number of unbranched alkanes of at least 4 members (excludes halogenated alkanes) is 2. The van der Waals surface area contributed by atoms with Crippen LogP contribution in [0.3, 0.4) is 0 Å². The monoisotopic (exact) mass is 552 g/mol. The Morgan fingerprint density at radius 3 is 1.79 bits per heavy atom. The number of benzene rings is 1. The second-order valence-corrected chi connectivity index (χ2v) is 8.43. The van der Waals surface area contributed by atoms with Crippen LogP contribution < -0.4 is 0 Å². The van der Waals surface area contributed by atoms with Gasteiger partial charge in [-0.15, -0.1) is 0 Å². The lowest BCUT2D eigenvalue weighted by Crippen LogP contribution is -2.06. The van der Waals surface area contributed by atoms with Crippen molar-refractivity contribution in [3.05, 3.63) is 59.4 Å². The molecule has 0 bridgehead atoms. The van der Waals surface area contributed by atoms with Crippen molar-refractivity contribution >= 4 is 11.6 Å². The maximum atomic E-state index is 13.3. The van der Waals surface area contributed by atoms with Crippen molar-refractivity contribution in [3.63, 3.8) is 0 Å². The van der Waals surface area contributed by atoms with Crippen molar-refractivity contribution in [2.75, 3.05) is 13.2 Å². The summed E-state index contributed by atoms with van der Waals surface area (Å²) in [5.74, 6) is 0.131. The molecule has 4 heteroatoms. The molecule has 0 amide bonds. The van der Waals surface area contributed by atoms with Gasteiger partial charge in [-0.05, 0) is 57.2 Å². The number of carbonyl (C=O) groups is 2. The molecule has 0 fully saturated rings. The first kappa shape index (κ1) is 46.8. The molecule has 1 aromatic carbocycles. The number of allylic oxidation sites excluding steroid dienone is 3. The van der Waals surface area contributed by atoms with Crippen LogP contribution in [-0.2, 0) is 9.53 Å². The fourth-order valence-corrected chi connectivity index (χ4v) is 2.86. The Kier molecular flexibility index (Phi) is 45.7. The van der Waals surface area contributed by atoms with Crippen molar-refractivity contribution in [1.82, 2.24) is 0 Å². The number of halogens is 1. The molecular weight excluding hydrogens is 487 g/mol. The van der Waals surface area contributed by atoms with Crippen LogP contribution in [0.5, 0.6) is 0 Å². The molecule has 0 saturated carbocycles. The van der Waals surface area contributed by atoms with Crippen molar-refractivity contribution in [1.29, 1.82) is 0 Å². The van der Waals surface area contributed by atoms with Crippen LogP contribution in [0.25, 0.3) is 0 Å². The van der Waals surface area contributed by atoms with E-state index >= 15 is 0 Å². The number of Topliss-reactive ketones (excluding diaryl/α,β-unsaturated/α-hetero) is 2. The molecule has 0 aliphatic rings. The molecule has 1 rings (SSSR count). The standard InChI is InChI=1S/C11H13FO.C8H18O.C7H14O.C5H8.2C2H6/c1-4-10(13)11-8(3)5-7(2)6-9(11)12;1-3-5-6-8-9-7-4-2;1-4-6(3)7(8)5-2;1-3-5-4-2;2*1-2/h5-6H,4H2,1-3H3;3-8H2,1-2H3;6H,4-5H2,1-3H3;3-5H,1H2,2H3;2*1-2H3/b;;;5-4+;;. The minimum Gasteiger partial charge on any atom is -0.381 e. The zero-order valence-electron chi connectivity index (χ0n) is 28.1. The molecule has 39 heavy (non-hydrogen) atoms. The first-order valence-corrected chi connectivity index (χ1v) is 15.2. The van der Waals surface area contributed by atoms with Crippen LogP contribution in [0.1, 0.15) is 143 Å². The first-order valence-electron chi connectivity index (χ1n) is 15.2. The van der Waals surface area contributed by atoms with Crippen molar-refractivity contribution < 1.29 is 18.7 Å². The van der Waals surface area contributed by atoms with E-state index in [2.05, 4.69) is 20.4 Å². The van der Waals surface area contributed by atoms with Crippen LogP contribution in [0.2, 0.25) is 0 Å². The average molecular weight is 553 g/mol. The number of hydrogen-bond donors (Lipinski definition) is 0. The molecule has 0 spiro atoms. The summed E-state index contributed by atoms with van der Waals surface area (Å²) >= 11 is 0. The van der Waals surface area contributed by atoms with Gasteiger partial charge in [0.15, 0.2) is 5.78 Å². The van der Waals surface area contributed by atoms with E-state index in [1.165, 1.54) is 25.3 Å². The Morgan fingerprint density at radius 2 is 1.49 bits per heavy atom. The highest BCUT2D eigenvalue weighted by Crippen LogP contribution is 2.17. The quantitative estimate of drug-likeness (QED) is 0.147. The minimum absolute atomic E-state index is 0.130. The Hall–Kier alpha value is -2.07. The number of ether oxygens (including phenoxy) is 1. The van der Waals surface area contributed by atoms with Gasteiger partial charge in [-0.2, -0.15) is 0 Å². The molecule has 0 aromatic heterocycles. The molecule has 0 heterocycles. The normalized spacial score (nSPS) is 9.90. The fraction of sp³-hybridized carbons (Fsp3) is 0.657. The number of hydrogen-bond acceptors (Lipinski definition) is 3. The van der Waals surface area contributed by atoms with E-state index in [0.29, 0.717) is 18.6 Å². The van der Waals surface area contributed by atoms with Crippen molar-refractivity contribution in [3.8, 4) is 0 Å². The molecule has 1 unspecified atom stereocenters. The summed E-state index contributed by atoms with van der Waals surface area (Å²) in [7, 11) is 0. The summed E-state index contributed by atoms with van der Waals surface area (Å²) < 4.78 is 18.6. The van der Waals surface area contributed by atoms with Gasteiger partial charge in [-0.25, -0.2) is 4.39 Å². The lowest BCUT2D eigenvalue weighted by molar-refractivity contribution is -0.122. The van der Waals surface area contributed by atoms with E-state index in [9.17, 15) is 14.0 Å². The highest BCUT2D eigenvalue weighted by atomic mass is 19.1. The molecule has 0 aliphatic carbocycles. The number of ketones is 2. The van der Waals surface area contributed by atoms with Gasteiger partial charge >= 0.3 is 0 Å². The largest absolute Gasteiger partial charge is 0.381 e. The summed E-state index contributed by atoms with van der Waals surface area (Å²) in [5.41, 5.74) is 1.82. The third-order valence-corrected chi connectivity index (χ3v) is 5.11. The minimum atomic E-state index is -0.399. The summed E-state index contributed by atoms with van der Waals surface area (Å²) in [6, 6.07) is 3.22. The van der Waals surface area contributed by atoms with Crippen LogP contribution >= 0.6 is 0 Å². The van der Waals surface area contributed by atoms with Crippen LogP contribution in [0, 0.1) is 25.6 Å². The third-order valence-electron chi connectivity index (χ3n) is 5.11. The lowest BCUT2D eigenvalue weighted by atomic mass is 10.0. The first-order chi connectivity index (χ1) is 18.6. The smallest absolute Gasteiger partial charge is 0.165 e. The van der Waals surface area contributed by atoms with E-state index in [0.717, 1.165) is 37.2 Å². The van der Waals surface area contributed by atoms with E-state index in [1.54, 1.807) is 19.9 Å². The van der Waals surface area contributed by atoms with E-state index in [-0.39, 0.29) is 17.3 Å². The maximum absolute atomic E-state index is 13.3. The van der Waals surface area contributed by atoms with E-state index in [4.69, 9.17) is 4.74 Å². The SMILES string of the molecule is C=C/C=C/C.CC.CC.CCC(=O)C(C)CC.CCC(=O)c1c(C)cc(C)cc1F.CCCCCOCCC. The van der Waals surface area contributed by atoms with Gasteiger partial charge in [0.1, 0.15) is 11.6 Å². The molecular formula is C35H65FO3. The highest BCUT2D eigenvalue weighted by Gasteiger charge is 2.12. The Morgan fingerprint density at radius 1 is 0.923 bits per heavy atom. The van der Waals surface area contributed by atoms with Gasteiger partial charge in [0.2, 0.25) is 0 Å². The van der Waals surface area contributed by atoms with Gasteiger partial charge in [-0.1, -0.05) is 113 Å². The third kappa shape index (κ3) is 32.0. The summed E-state index contributed by atoms with van der Waals surface area (Å²) in [5, 5.41) is 0. The van der Waals surface area contributed by atoms with Crippen LogP contribution in [0.15, 0.2) is 36.9 Å².